The normalized spacial score (nSPS) is 10.9. The molecule has 0 aliphatic rings. The molecule has 2 rings (SSSR count). The van der Waals surface area contributed by atoms with Gasteiger partial charge in [0.25, 0.3) is 0 Å². The third kappa shape index (κ3) is 4.14. The Morgan fingerprint density at radius 2 is 2.13 bits per heavy atom. The Hall–Kier alpha value is -2.26. The van der Waals surface area contributed by atoms with Gasteiger partial charge in [0.2, 0.25) is 0 Å². The van der Waals surface area contributed by atoms with Crippen LogP contribution in [0.3, 0.4) is 0 Å². The van der Waals surface area contributed by atoms with E-state index in [1.807, 2.05) is 38.1 Å². The summed E-state index contributed by atoms with van der Waals surface area (Å²) in [7, 11) is 0. The molecule has 0 spiro atoms. The summed E-state index contributed by atoms with van der Waals surface area (Å²) in [5, 5.41) is 10.9. The Balaban J connectivity index is 2.40. The standard InChI is InChI=1S/C19H20ClNO2/c1-4-7-15-10-14(11-18(19(15)22)23-5-2)12-21-17-9-6-8-16(20)13(17)3/h4,6,8-12,22H,1,5,7H2,2-3H3. The molecule has 4 heteroatoms. The summed E-state index contributed by atoms with van der Waals surface area (Å²) in [5.41, 5.74) is 3.35. The molecule has 0 fully saturated rings. The molecule has 120 valence electrons. The first-order valence-electron chi connectivity index (χ1n) is 7.45. The van der Waals surface area contributed by atoms with Crippen LogP contribution in [0.15, 0.2) is 48.0 Å². The Morgan fingerprint density at radius 1 is 1.35 bits per heavy atom. The number of rotatable bonds is 6. The Labute approximate surface area is 141 Å². The van der Waals surface area contributed by atoms with E-state index in [2.05, 4.69) is 11.6 Å². The predicted molar refractivity (Wildman–Crippen MR) is 96.6 cm³/mol. The smallest absolute Gasteiger partial charge is 0.161 e. The number of hydrogen-bond acceptors (Lipinski definition) is 3. The molecule has 1 N–H and O–H groups in total. The fraction of sp³-hybridized carbons (Fsp3) is 0.211. The lowest BCUT2D eigenvalue weighted by molar-refractivity contribution is 0.317. The maximum absolute atomic E-state index is 10.2. The highest BCUT2D eigenvalue weighted by Crippen LogP contribution is 2.32. The van der Waals surface area contributed by atoms with Crippen LogP contribution in [0.25, 0.3) is 0 Å². The zero-order valence-electron chi connectivity index (χ0n) is 13.3. The zero-order chi connectivity index (χ0) is 16.8. The van der Waals surface area contributed by atoms with Gasteiger partial charge in [-0.2, -0.15) is 0 Å². The Morgan fingerprint density at radius 3 is 2.83 bits per heavy atom. The average molecular weight is 330 g/mol. The first kappa shape index (κ1) is 17.1. The van der Waals surface area contributed by atoms with Crippen molar-refractivity contribution in [2.45, 2.75) is 20.3 Å². The van der Waals surface area contributed by atoms with Crippen LogP contribution in [0.4, 0.5) is 5.69 Å². The molecular formula is C19H20ClNO2. The SMILES string of the molecule is C=CCc1cc(C=Nc2cccc(Cl)c2C)cc(OCC)c1O. The number of benzene rings is 2. The van der Waals surface area contributed by atoms with Gasteiger partial charge in [-0.3, -0.25) is 4.99 Å². The van der Waals surface area contributed by atoms with Crippen LogP contribution >= 0.6 is 11.6 Å². The maximum atomic E-state index is 10.2. The van der Waals surface area contributed by atoms with E-state index < -0.39 is 0 Å². The van der Waals surface area contributed by atoms with Crippen LogP contribution in [-0.4, -0.2) is 17.9 Å². The molecule has 0 heterocycles. The number of phenols is 1. The molecule has 0 saturated carbocycles. The van der Waals surface area contributed by atoms with Crippen molar-refractivity contribution >= 4 is 23.5 Å². The summed E-state index contributed by atoms with van der Waals surface area (Å²) in [5.74, 6) is 0.610. The van der Waals surface area contributed by atoms with Gasteiger partial charge < -0.3 is 9.84 Å². The molecule has 0 aromatic heterocycles. The molecule has 0 amide bonds. The van der Waals surface area contributed by atoms with Crippen LogP contribution in [0.1, 0.15) is 23.6 Å². The molecule has 0 radical (unpaired) electrons. The van der Waals surface area contributed by atoms with Crippen molar-refractivity contribution in [3.63, 3.8) is 0 Å². The van der Waals surface area contributed by atoms with Gasteiger partial charge in [0.1, 0.15) is 0 Å². The molecule has 0 aliphatic carbocycles. The molecule has 2 aromatic carbocycles. The van der Waals surface area contributed by atoms with Crippen molar-refractivity contribution in [1.82, 2.24) is 0 Å². The van der Waals surface area contributed by atoms with E-state index >= 15 is 0 Å². The zero-order valence-corrected chi connectivity index (χ0v) is 14.1. The summed E-state index contributed by atoms with van der Waals surface area (Å²) in [4.78, 5) is 4.50. The maximum Gasteiger partial charge on any atom is 0.161 e. The highest BCUT2D eigenvalue weighted by Gasteiger charge is 2.09. The number of allylic oxidation sites excluding steroid dienone is 1. The first-order chi connectivity index (χ1) is 11.1. The third-order valence-corrected chi connectivity index (χ3v) is 3.84. The minimum atomic E-state index is 0.155. The number of halogens is 1. The molecule has 23 heavy (non-hydrogen) atoms. The molecule has 0 bridgehead atoms. The fourth-order valence-corrected chi connectivity index (χ4v) is 2.39. The van der Waals surface area contributed by atoms with Crippen LogP contribution in [0, 0.1) is 6.92 Å². The Kier molecular flexibility index (Phi) is 5.83. The van der Waals surface area contributed by atoms with Gasteiger partial charge in [0, 0.05) is 16.8 Å². The van der Waals surface area contributed by atoms with Gasteiger partial charge in [0.15, 0.2) is 11.5 Å². The molecule has 0 atom stereocenters. The van der Waals surface area contributed by atoms with Gasteiger partial charge in [0.05, 0.1) is 12.3 Å². The second-order valence-corrected chi connectivity index (χ2v) is 5.50. The van der Waals surface area contributed by atoms with E-state index in [4.69, 9.17) is 16.3 Å². The molecular weight excluding hydrogens is 310 g/mol. The highest BCUT2D eigenvalue weighted by atomic mass is 35.5. The molecule has 0 unspecified atom stereocenters. The number of hydrogen-bond donors (Lipinski definition) is 1. The quantitative estimate of drug-likeness (QED) is 0.582. The average Bonchev–Trinajstić information content (AvgIpc) is 2.53. The lowest BCUT2D eigenvalue weighted by Gasteiger charge is -2.11. The van der Waals surface area contributed by atoms with Gasteiger partial charge >= 0.3 is 0 Å². The second-order valence-electron chi connectivity index (χ2n) is 5.09. The summed E-state index contributed by atoms with van der Waals surface area (Å²) in [6.07, 6.45) is 4.05. The lowest BCUT2D eigenvalue weighted by Crippen LogP contribution is -1.96. The van der Waals surface area contributed by atoms with Crippen LogP contribution in [0.5, 0.6) is 11.5 Å². The second kappa shape index (κ2) is 7.84. The largest absolute Gasteiger partial charge is 0.504 e. The minimum Gasteiger partial charge on any atom is -0.504 e. The molecule has 0 aliphatic heterocycles. The molecule has 2 aromatic rings. The molecule has 0 saturated heterocycles. The summed E-state index contributed by atoms with van der Waals surface area (Å²) >= 11 is 6.11. The van der Waals surface area contributed by atoms with Gasteiger partial charge in [-0.1, -0.05) is 23.7 Å². The first-order valence-corrected chi connectivity index (χ1v) is 7.83. The molecule has 3 nitrogen and oxygen atoms in total. The summed E-state index contributed by atoms with van der Waals surface area (Å²) < 4.78 is 5.49. The minimum absolute atomic E-state index is 0.155. The number of aromatic hydroxyl groups is 1. The lowest BCUT2D eigenvalue weighted by atomic mass is 10.1. The van der Waals surface area contributed by atoms with E-state index in [0.29, 0.717) is 23.8 Å². The van der Waals surface area contributed by atoms with E-state index in [9.17, 15) is 5.11 Å². The van der Waals surface area contributed by atoms with Crippen molar-refractivity contribution in [2.24, 2.45) is 4.99 Å². The van der Waals surface area contributed by atoms with E-state index in [1.54, 1.807) is 18.4 Å². The van der Waals surface area contributed by atoms with Crippen LogP contribution in [-0.2, 0) is 6.42 Å². The summed E-state index contributed by atoms with van der Waals surface area (Å²) in [6, 6.07) is 9.27. The Bertz CT molecular complexity index is 738. The van der Waals surface area contributed by atoms with E-state index in [0.717, 1.165) is 22.4 Å². The number of phenolic OH excluding ortho intramolecular Hbond substituents is 1. The van der Waals surface area contributed by atoms with Crippen molar-refractivity contribution in [3.8, 4) is 11.5 Å². The van der Waals surface area contributed by atoms with Gasteiger partial charge in [-0.15, -0.1) is 6.58 Å². The van der Waals surface area contributed by atoms with Crippen LogP contribution < -0.4 is 4.74 Å². The number of nitrogens with zero attached hydrogens (tertiary/aromatic N) is 1. The predicted octanol–water partition coefficient (Wildman–Crippen LogP) is 5.23. The van der Waals surface area contributed by atoms with Crippen LogP contribution in [0.2, 0.25) is 5.02 Å². The third-order valence-electron chi connectivity index (χ3n) is 3.43. The van der Waals surface area contributed by atoms with E-state index in [1.165, 1.54) is 0 Å². The van der Waals surface area contributed by atoms with Crippen molar-refractivity contribution in [3.05, 3.63) is 64.7 Å². The monoisotopic (exact) mass is 329 g/mol. The van der Waals surface area contributed by atoms with Gasteiger partial charge in [-0.05, 0) is 55.7 Å². The van der Waals surface area contributed by atoms with Crippen molar-refractivity contribution < 1.29 is 9.84 Å². The van der Waals surface area contributed by atoms with E-state index in [-0.39, 0.29) is 5.75 Å². The summed E-state index contributed by atoms with van der Waals surface area (Å²) in [6.45, 7) is 8.01. The highest BCUT2D eigenvalue weighted by molar-refractivity contribution is 6.31. The topological polar surface area (TPSA) is 41.8 Å². The van der Waals surface area contributed by atoms with Gasteiger partial charge in [-0.25, -0.2) is 0 Å². The number of aliphatic imine (C=N–C) groups is 1. The van der Waals surface area contributed by atoms with Crippen molar-refractivity contribution in [2.75, 3.05) is 6.61 Å². The van der Waals surface area contributed by atoms with Crippen molar-refractivity contribution in [1.29, 1.82) is 0 Å². The fourth-order valence-electron chi connectivity index (χ4n) is 2.22. The number of ether oxygens (including phenoxy) is 1.